The first-order valence-corrected chi connectivity index (χ1v) is 6.55. The average molecular weight is 260 g/mol. The Labute approximate surface area is 111 Å². The highest BCUT2D eigenvalue weighted by Gasteiger charge is 2.21. The van der Waals surface area contributed by atoms with E-state index >= 15 is 0 Å². The fourth-order valence-corrected chi connectivity index (χ4v) is 2.18. The molecule has 0 bridgehead atoms. The van der Waals surface area contributed by atoms with Crippen LogP contribution in [0.4, 0.5) is 4.39 Å². The highest BCUT2D eigenvalue weighted by atomic mass is 19.1. The Balaban J connectivity index is 1.96. The van der Waals surface area contributed by atoms with Gasteiger partial charge in [-0.05, 0) is 38.8 Å². The van der Waals surface area contributed by atoms with Crippen LogP contribution in [0.2, 0.25) is 0 Å². The number of halogens is 1. The van der Waals surface area contributed by atoms with E-state index in [-0.39, 0.29) is 5.82 Å². The molecule has 0 unspecified atom stereocenters. The molecule has 0 radical (unpaired) electrons. The van der Waals surface area contributed by atoms with Gasteiger partial charge >= 0.3 is 0 Å². The molecule has 19 heavy (non-hydrogen) atoms. The van der Waals surface area contributed by atoms with Crippen molar-refractivity contribution in [2.75, 3.05) is 0 Å². The highest BCUT2D eigenvalue weighted by molar-refractivity contribution is 5.35. The first-order valence-electron chi connectivity index (χ1n) is 6.55. The van der Waals surface area contributed by atoms with Crippen LogP contribution in [0.1, 0.15) is 29.8 Å². The molecule has 0 spiro atoms. The molecule has 2 aromatic rings. The molecular weight excluding hydrogens is 243 g/mol. The normalized spacial score (nSPS) is 14.9. The van der Waals surface area contributed by atoms with Crippen molar-refractivity contribution >= 4 is 0 Å². The van der Waals surface area contributed by atoms with E-state index in [1.807, 2.05) is 19.9 Å². The summed E-state index contributed by atoms with van der Waals surface area (Å²) in [5.41, 5.74) is 2.78. The van der Waals surface area contributed by atoms with Crippen LogP contribution in [0.3, 0.4) is 0 Å². The number of hydrogen-bond donors (Lipinski definition) is 1. The molecular formula is C14H17FN4. The minimum Gasteiger partial charge on any atom is -0.310 e. The Hall–Kier alpha value is -1.75. The van der Waals surface area contributed by atoms with Gasteiger partial charge in [0.2, 0.25) is 0 Å². The van der Waals surface area contributed by atoms with Crippen LogP contribution in [-0.2, 0) is 6.54 Å². The molecule has 0 amide bonds. The summed E-state index contributed by atoms with van der Waals surface area (Å²) in [7, 11) is 0. The van der Waals surface area contributed by atoms with Crippen molar-refractivity contribution in [3.8, 4) is 5.82 Å². The van der Waals surface area contributed by atoms with Crippen LogP contribution in [0.25, 0.3) is 5.82 Å². The van der Waals surface area contributed by atoms with Gasteiger partial charge in [0.25, 0.3) is 0 Å². The number of aromatic nitrogens is 3. The second-order valence-corrected chi connectivity index (χ2v) is 5.13. The van der Waals surface area contributed by atoms with E-state index in [1.165, 1.54) is 25.1 Å². The Morgan fingerprint density at radius 3 is 2.79 bits per heavy atom. The first-order chi connectivity index (χ1) is 9.13. The summed E-state index contributed by atoms with van der Waals surface area (Å²) < 4.78 is 15.2. The molecule has 1 N–H and O–H groups in total. The summed E-state index contributed by atoms with van der Waals surface area (Å²) in [6.07, 6.45) is 3.66. The van der Waals surface area contributed by atoms with Gasteiger partial charge in [0, 0.05) is 23.8 Å². The monoisotopic (exact) mass is 260 g/mol. The zero-order valence-corrected chi connectivity index (χ0v) is 11.2. The highest BCUT2D eigenvalue weighted by Crippen LogP contribution is 2.21. The predicted molar refractivity (Wildman–Crippen MR) is 70.7 cm³/mol. The van der Waals surface area contributed by atoms with Crippen LogP contribution < -0.4 is 5.32 Å². The smallest absolute Gasteiger partial charge is 0.158 e. The van der Waals surface area contributed by atoms with Gasteiger partial charge in [-0.1, -0.05) is 0 Å². The van der Waals surface area contributed by atoms with Crippen LogP contribution >= 0.6 is 0 Å². The van der Waals surface area contributed by atoms with Gasteiger partial charge in [0.1, 0.15) is 5.82 Å². The summed E-state index contributed by atoms with van der Waals surface area (Å²) in [6.45, 7) is 4.54. The van der Waals surface area contributed by atoms with Crippen molar-refractivity contribution in [1.29, 1.82) is 0 Å². The van der Waals surface area contributed by atoms with Crippen molar-refractivity contribution in [3.05, 3.63) is 41.1 Å². The topological polar surface area (TPSA) is 42.7 Å². The van der Waals surface area contributed by atoms with Gasteiger partial charge in [-0.2, -0.15) is 5.10 Å². The molecule has 0 saturated heterocycles. The maximum atomic E-state index is 13.4. The Kier molecular flexibility index (Phi) is 3.06. The molecule has 0 aliphatic heterocycles. The van der Waals surface area contributed by atoms with Crippen LogP contribution in [-0.4, -0.2) is 20.8 Å². The number of aryl methyl sites for hydroxylation is 2. The molecule has 1 aliphatic rings. The van der Waals surface area contributed by atoms with E-state index in [0.717, 1.165) is 17.0 Å². The second-order valence-electron chi connectivity index (χ2n) is 5.13. The maximum absolute atomic E-state index is 13.4. The maximum Gasteiger partial charge on any atom is 0.158 e. The zero-order chi connectivity index (χ0) is 13.4. The van der Waals surface area contributed by atoms with E-state index < -0.39 is 0 Å². The minimum atomic E-state index is -0.308. The molecule has 2 aromatic heterocycles. The Morgan fingerprint density at radius 1 is 1.37 bits per heavy atom. The Bertz CT molecular complexity index is 601. The van der Waals surface area contributed by atoms with Gasteiger partial charge in [-0.25, -0.2) is 14.1 Å². The van der Waals surface area contributed by atoms with Crippen molar-refractivity contribution in [3.63, 3.8) is 0 Å². The zero-order valence-electron chi connectivity index (χ0n) is 11.2. The number of hydrogen-bond acceptors (Lipinski definition) is 3. The molecule has 4 nitrogen and oxygen atoms in total. The second kappa shape index (κ2) is 4.74. The number of nitrogens with one attached hydrogen (secondary N) is 1. The van der Waals surface area contributed by atoms with Crippen LogP contribution in [0.5, 0.6) is 0 Å². The lowest BCUT2D eigenvalue weighted by Gasteiger charge is -2.11. The largest absolute Gasteiger partial charge is 0.310 e. The van der Waals surface area contributed by atoms with Gasteiger partial charge < -0.3 is 5.32 Å². The molecule has 0 aromatic carbocycles. The van der Waals surface area contributed by atoms with E-state index in [2.05, 4.69) is 15.4 Å². The lowest BCUT2D eigenvalue weighted by atomic mass is 10.2. The summed E-state index contributed by atoms with van der Waals surface area (Å²) in [5, 5.41) is 7.81. The predicted octanol–water partition coefficient (Wildman–Crippen LogP) is 2.28. The lowest BCUT2D eigenvalue weighted by Crippen LogP contribution is -2.18. The third kappa shape index (κ3) is 2.66. The third-order valence-corrected chi connectivity index (χ3v) is 3.28. The minimum absolute atomic E-state index is 0.308. The molecule has 2 heterocycles. The molecule has 1 aliphatic carbocycles. The lowest BCUT2D eigenvalue weighted by molar-refractivity contribution is 0.606. The van der Waals surface area contributed by atoms with Crippen LogP contribution in [0.15, 0.2) is 18.3 Å². The quantitative estimate of drug-likeness (QED) is 0.917. The fraction of sp³-hybridized carbons (Fsp3) is 0.429. The molecule has 100 valence electrons. The SMILES string of the molecule is Cc1cc(C)n(-c2ncc(F)cc2CNC2CC2)n1. The number of nitrogens with zero attached hydrogens (tertiary/aromatic N) is 3. The fourth-order valence-electron chi connectivity index (χ4n) is 2.18. The number of rotatable bonds is 4. The van der Waals surface area contributed by atoms with Crippen LogP contribution in [0, 0.1) is 19.7 Å². The first kappa shape index (κ1) is 12.3. The van der Waals surface area contributed by atoms with Crippen molar-refractivity contribution < 1.29 is 4.39 Å². The summed E-state index contributed by atoms with van der Waals surface area (Å²) in [6, 6.07) is 4.11. The van der Waals surface area contributed by atoms with Gasteiger partial charge in [-0.3, -0.25) is 0 Å². The van der Waals surface area contributed by atoms with Crippen molar-refractivity contribution in [1.82, 2.24) is 20.1 Å². The van der Waals surface area contributed by atoms with Crippen molar-refractivity contribution in [2.45, 2.75) is 39.3 Å². The van der Waals surface area contributed by atoms with Crippen molar-refractivity contribution in [2.24, 2.45) is 0 Å². The van der Waals surface area contributed by atoms with Gasteiger partial charge in [0.15, 0.2) is 5.82 Å². The van der Waals surface area contributed by atoms with E-state index in [1.54, 1.807) is 4.68 Å². The molecule has 1 fully saturated rings. The molecule has 3 rings (SSSR count). The number of pyridine rings is 1. The average Bonchev–Trinajstić information content (AvgIpc) is 3.12. The summed E-state index contributed by atoms with van der Waals surface area (Å²) in [4.78, 5) is 4.21. The van der Waals surface area contributed by atoms with E-state index in [9.17, 15) is 4.39 Å². The molecule has 5 heteroatoms. The summed E-state index contributed by atoms with van der Waals surface area (Å²) >= 11 is 0. The standard InChI is InChI=1S/C14H17FN4/c1-9-5-10(2)19(18-9)14-11(6-12(15)8-17-14)7-16-13-3-4-13/h5-6,8,13,16H,3-4,7H2,1-2H3. The third-order valence-electron chi connectivity index (χ3n) is 3.28. The molecule has 0 atom stereocenters. The summed E-state index contributed by atoms with van der Waals surface area (Å²) in [5.74, 6) is 0.401. The Morgan fingerprint density at radius 2 is 2.16 bits per heavy atom. The van der Waals surface area contributed by atoms with Gasteiger partial charge in [-0.15, -0.1) is 0 Å². The van der Waals surface area contributed by atoms with E-state index in [0.29, 0.717) is 18.4 Å². The van der Waals surface area contributed by atoms with E-state index in [4.69, 9.17) is 0 Å². The molecule has 1 saturated carbocycles. The van der Waals surface area contributed by atoms with Gasteiger partial charge in [0.05, 0.1) is 11.9 Å².